The summed E-state index contributed by atoms with van der Waals surface area (Å²) in [4.78, 5) is 2.48. The van der Waals surface area contributed by atoms with E-state index in [9.17, 15) is 0 Å². The Morgan fingerprint density at radius 2 is 1.08 bits per heavy atom. The van der Waals surface area contributed by atoms with Crippen molar-refractivity contribution >= 4 is 81.1 Å². The zero-order valence-corrected chi connectivity index (χ0v) is 27.4. The minimum absolute atomic E-state index is 1.13. The van der Waals surface area contributed by atoms with Crippen LogP contribution < -0.4 is 4.90 Å². The Kier molecular flexibility index (Phi) is 6.39. The lowest BCUT2D eigenvalue weighted by Gasteiger charge is -2.29. The quantitative estimate of drug-likeness (QED) is 0.181. The molecule has 0 N–H and O–H groups in total. The Bertz CT molecular complexity index is 2840. The van der Waals surface area contributed by atoms with Gasteiger partial charge in [-0.05, 0) is 65.5 Å². The van der Waals surface area contributed by atoms with Crippen LogP contribution in [0.15, 0.2) is 182 Å². The van der Waals surface area contributed by atoms with Crippen LogP contribution in [0.25, 0.3) is 69.6 Å². The molecule has 0 amide bonds. The van der Waals surface area contributed by atoms with Gasteiger partial charge in [0, 0.05) is 47.6 Å². The Morgan fingerprint density at radius 3 is 2.00 bits per heavy atom. The van der Waals surface area contributed by atoms with Crippen molar-refractivity contribution in [2.75, 3.05) is 4.90 Å². The first-order chi connectivity index (χ1) is 24.3. The summed E-state index contributed by atoms with van der Waals surface area (Å²) in [5, 5.41) is 7.50. The molecule has 10 aromatic rings. The lowest BCUT2D eigenvalue weighted by Crippen LogP contribution is -2.11. The molecule has 0 spiro atoms. The third kappa shape index (κ3) is 4.40. The van der Waals surface area contributed by atoms with Gasteiger partial charge in [0.05, 0.1) is 28.1 Å². The van der Waals surface area contributed by atoms with Gasteiger partial charge in [-0.2, -0.15) is 0 Å². The molecule has 0 atom stereocenters. The molecule has 0 saturated carbocycles. The Hall–Kier alpha value is -6.16. The molecule has 8 aromatic carbocycles. The first-order valence-corrected chi connectivity index (χ1v) is 17.5. The third-order valence-electron chi connectivity index (χ3n) is 9.77. The monoisotopic (exact) mass is 642 g/mol. The summed E-state index contributed by atoms with van der Waals surface area (Å²) >= 11 is 1.86. The number of benzene rings is 8. The molecule has 2 aromatic heterocycles. The van der Waals surface area contributed by atoms with Crippen LogP contribution in [0.2, 0.25) is 0 Å². The summed E-state index contributed by atoms with van der Waals surface area (Å²) in [5.41, 5.74) is 9.36. The van der Waals surface area contributed by atoms with Crippen LogP contribution in [0.3, 0.4) is 0 Å². The molecule has 3 heteroatoms. The SMILES string of the molecule is c1ccc(-c2ccccc2N(c2ccc3sc4ccccc4c3c2)c2cccc3c2c2ccccc2n3-c2cccc3ccccc23)cc1. The minimum atomic E-state index is 1.13. The standard InChI is InChI=1S/C46H30N2S/c1-2-14-31(15-3-1)34-19-6-9-22-39(34)47(33-28-29-45-38(30-33)36-20-8-11-27-44(36)49-45)42-25-13-26-43-46(42)37-21-7-10-23-41(37)48(43)40-24-12-17-32-16-4-5-18-35(32)40/h1-30H. The predicted octanol–water partition coefficient (Wildman–Crippen LogP) is 13.4. The van der Waals surface area contributed by atoms with Gasteiger partial charge in [0.25, 0.3) is 0 Å². The molecule has 49 heavy (non-hydrogen) atoms. The van der Waals surface area contributed by atoms with E-state index in [0.29, 0.717) is 0 Å². The predicted molar refractivity (Wildman–Crippen MR) is 211 cm³/mol. The lowest BCUT2D eigenvalue weighted by atomic mass is 10.0. The summed E-state index contributed by atoms with van der Waals surface area (Å²) in [6.45, 7) is 0. The molecule has 10 rings (SSSR count). The molecular formula is C46H30N2S. The summed E-state index contributed by atoms with van der Waals surface area (Å²) in [6, 6.07) is 66.2. The zero-order chi connectivity index (χ0) is 32.3. The number of hydrogen-bond acceptors (Lipinski definition) is 2. The van der Waals surface area contributed by atoms with Crippen molar-refractivity contribution in [3.63, 3.8) is 0 Å². The van der Waals surface area contributed by atoms with Crippen molar-refractivity contribution in [1.82, 2.24) is 4.57 Å². The second-order valence-electron chi connectivity index (χ2n) is 12.5. The van der Waals surface area contributed by atoms with Crippen molar-refractivity contribution in [1.29, 1.82) is 0 Å². The average molecular weight is 643 g/mol. The van der Waals surface area contributed by atoms with Crippen molar-refractivity contribution in [2.45, 2.75) is 0 Å². The highest BCUT2D eigenvalue weighted by atomic mass is 32.1. The average Bonchev–Trinajstić information content (AvgIpc) is 3.71. The summed E-state index contributed by atoms with van der Waals surface area (Å²) in [6.07, 6.45) is 0. The van der Waals surface area contributed by atoms with E-state index in [2.05, 4.69) is 191 Å². The molecule has 0 unspecified atom stereocenters. The van der Waals surface area contributed by atoms with Crippen LogP contribution in [0, 0.1) is 0 Å². The second-order valence-corrected chi connectivity index (χ2v) is 13.6. The maximum absolute atomic E-state index is 2.48. The second kappa shape index (κ2) is 11.2. The van der Waals surface area contributed by atoms with Gasteiger partial charge in [-0.15, -0.1) is 11.3 Å². The normalized spacial score (nSPS) is 11.7. The molecule has 0 fully saturated rings. The zero-order valence-electron chi connectivity index (χ0n) is 26.6. The van der Waals surface area contributed by atoms with Crippen molar-refractivity contribution < 1.29 is 0 Å². The van der Waals surface area contributed by atoms with Gasteiger partial charge in [-0.3, -0.25) is 0 Å². The summed E-state index contributed by atoms with van der Waals surface area (Å²) < 4.78 is 5.06. The first kappa shape index (κ1) is 27.9. The Balaban J connectivity index is 1.32. The van der Waals surface area contributed by atoms with Crippen molar-refractivity contribution in [2.24, 2.45) is 0 Å². The maximum Gasteiger partial charge on any atom is 0.0562 e. The van der Waals surface area contributed by atoms with Crippen LogP contribution in [0.1, 0.15) is 0 Å². The number of anilines is 3. The van der Waals surface area contributed by atoms with E-state index in [1.54, 1.807) is 0 Å². The molecular weight excluding hydrogens is 613 g/mol. The molecule has 230 valence electrons. The van der Waals surface area contributed by atoms with Crippen molar-refractivity contribution in [3.8, 4) is 16.8 Å². The van der Waals surface area contributed by atoms with Crippen LogP contribution in [0.5, 0.6) is 0 Å². The lowest BCUT2D eigenvalue weighted by molar-refractivity contribution is 1.20. The van der Waals surface area contributed by atoms with E-state index in [-0.39, 0.29) is 0 Å². The van der Waals surface area contributed by atoms with Crippen LogP contribution in [0.4, 0.5) is 17.1 Å². The topological polar surface area (TPSA) is 8.17 Å². The van der Waals surface area contributed by atoms with Gasteiger partial charge in [0.1, 0.15) is 0 Å². The minimum Gasteiger partial charge on any atom is -0.309 e. The van der Waals surface area contributed by atoms with Gasteiger partial charge >= 0.3 is 0 Å². The number of thiophene rings is 1. The van der Waals surface area contributed by atoms with Crippen molar-refractivity contribution in [3.05, 3.63) is 182 Å². The summed E-state index contributed by atoms with van der Waals surface area (Å²) in [5.74, 6) is 0. The number of rotatable bonds is 5. The van der Waals surface area contributed by atoms with E-state index < -0.39 is 0 Å². The highest BCUT2D eigenvalue weighted by Crippen LogP contribution is 2.48. The highest BCUT2D eigenvalue weighted by Gasteiger charge is 2.24. The van der Waals surface area contributed by atoms with Crippen LogP contribution >= 0.6 is 11.3 Å². The van der Waals surface area contributed by atoms with Gasteiger partial charge in [-0.1, -0.05) is 127 Å². The van der Waals surface area contributed by atoms with Gasteiger partial charge in [0.15, 0.2) is 0 Å². The molecule has 2 nitrogen and oxygen atoms in total. The highest BCUT2D eigenvalue weighted by molar-refractivity contribution is 7.25. The molecule has 0 aliphatic heterocycles. The fourth-order valence-electron chi connectivity index (χ4n) is 7.64. The van der Waals surface area contributed by atoms with Gasteiger partial charge in [0.2, 0.25) is 0 Å². The molecule has 0 saturated heterocycles. The molecule has 0 aliphatic carbocycles. The summed E-state index contributed by atoms with van der Waals surface area (Å²) in [7, 11) is 0. The number of nitrogens with zero attached hydrogens (tertiary/aromatic N) is 2. The number of para-hydroxylation sites is 2. The number of fused-ring (bicyclic) bond motifs is 7. The fourth-order valence-corrected chi connectivity index (χ4v) is 8.73. The smallest absolute Gasteiger partial charge is 0.0562 e. The Morgan fingerprint density at radius 1 is 0.429 bits per heavy atom. The van der Waals surface area contributed by atoms with E-state index in [1.165, 1.54) is 69.6 Å². The van der Waals surface area contributed by atoms with Gasteiger partial charge in [-0.25, -0.2) is 0 Å². The van der Waals surface area contributed by atoms with Gasteiger partial charge < -0.3 is 9.47 Å². The van der Waals surface area contributed by atoms with Crippen LogP contribution in [-0.4, -0.2) is 4.57 Å². The maximum atomic E-state index is 2.48. The number of aromatic nitrogens is 1. The molecule has 0 radical (unpaired) electrons. The third-order valence-corrected chi connectivity index (χ3v) is 10.9. The molecule has 2 heterocycles. The first-order valence-electron chi connectivity index (χ1n) is 16.7. The Labute approximate surface area is 288 Å². The number of hydrogen-bond donors (Lipinski definition) is 0. The van der Waals surface area contributed by atoms with E-state index in [1.807, 2.05) is 11.3 Å². The molecule has 0 aliphatic rings. The largest absolute Gasteiger partial charge is 0.309 e. The van der Waals surface area contributed by atoms with E-state index in [4.69, 9.17) is 0 Å². The fraction of sp³-hybridized carbons (Fsp3) is 0. The van der Waals surface area contributed by atoms with E-state index in [0.717, 1.165) is 17.1 Å². The van der Waals surface area contributed by atoms with Crippen LogP contribution in [-0.2, 0) is 0 Å². The molecule has 0 bridgehead atoms. The van der Waals surface area contributed by atoms with E-state index >= 15 is 0 Å².